The highest BCUT2D eigenvalue weighted by Crippen LogP contribution is 2.54. The van der Waals surface area contributed by atoms with Gasteiger partial charge in [0.25, 0.3) is 0 Å². The molecule has 5 heteroatoms. The molecule has 1 N–H and O–H groups in total. The van der Waals surface area contributed by atoms with Gasteiger partial charge in [0.1, 0.15) is 6.33 Å². The van der Waals surface area contributed by atoms with E-state index in [1.54, 1.807) is 12.4 Å². The summed E-state index contributed by atoms with van der Waals surface area (Å²) in [4.78, 5) is 18.1. The van der Waals surface area contributed by atoms with Gasteiger partial charge in [0.15, 0.2) is 0 Å². The zero-order valence-corrected chi connectivity index (χ0v) is 9.44. The van der Waals surface area contributed by atoms with Crippen LogP contribution in [0, 0.1) is 17.8 Å². The Morgan fingerprint density at radius 3 is 2.94 bits per heavy atom. The number of likely N-dealkylation sites (tertiary alicyclic amines) is 1. The summed E-state index contributed by atoms with van der Waals surface area (Å²) in [7, 11) is 0. The van der Waals surface area contributed by atoms with E-state index < -0.39 is 0 Å². The third-order valence-corrected chi connectivity index (χ3v) is 4.82. The second-order valence-electron chi connectivity index (χ2n) is 5.54. The number of aromatic nitrogens is 2. The zero-order chi connectivity index (χ0) is 11.6. The summed E-state index contributed by atoms with van der Waals surface area (Å²) in [6.45, 7) is 0.805. The quantitative estimate of drug-likeness (QED) is 0.712. The molecule has 2 heterocycles. The fraction of sp³-hybridized carbons (Fsp3) is 0.667. The van der Waals surface area contributed by atoms with Crippen molar-refractivity contribution in [1.82, 2.24) is 14.5 Å². The number of hydrogen-bond acceptors (Lipinski definition) is 3. The number of carbonyl (C=O) groups is 1. The van der Waals surface area contributed by atoms with Gasteiger partial charge in [-0.25, -0.2) is 9.78 Å². The van der Waals surface area contributed by atoms with Crippen LogP contribution in [0.1, 0.15) is 12.8 Å². The van der Waals surface area contributed by atoms with Gasteiger partial charge in [-0.15, -0.1) is 0 Å². The summed E-state index contributed by atoms with van der Waals surface area (Å²) < 4.78 is 1.50. The first-order valence-corrected chi connectivity index (χ1v) is 6.22. The van der Waals surface area contributed by atoms with Gasteiger partial charge >= 0.3 is 6.03 Å². The summed E-state index contributed by atoms with van der Waals surface area (Å²) in [6, 6.07) is 0.00949. The van der Waals surface area contributed by atoms with Crippen molar-refractivity contribution in [2.75, 3.05) is 6.54 Å². The van der Waals surface area contributed by atoms with Gasteiger partial charge in [-0.2, -0.15) is 0 Å². The van der Waals surface area contributed by atoms with E-state index in [0.29, 0.717) is 17.8 Å². The summed E-state index contributed by atoms with van der Waals surface area (Å²) in [5.41, 5.74) is 0. The monoisotopic (exact) mass is 233 g/mol. The number of aliphatic hydroxyl groups excluding tert-OH is 1. The van der Waals surface area contributed by atoms with Crippen molar-refractivity contribution in [2.45, 2.75) is 25.0 Å². The number of fused-ring (bicyclic) bond motifs is 1. The van der Waals surface area contributed by atoms with Crippen molar-refractivity contribution >= 4 is 6.03 Å². The minimum Gasteiger partial charge on any atom is -0.391 e. The molecular formula is C12H15N3O2. The largest absolute Gasteiger partial charge is 0.391 e. The van der Waals surface area contributed by atoms with E-state index in [2.05, 4.69) is 4.98 Å². The van der Waals surface area contributed by atoms with Gasteiger partial charge < -0.3 is 10.0 Å². The molecule has 5 atom stereocenters. The lowest BCUT2D eigenvalue weighted by atomic mass is 9.88. The second-order valence-corrected chi connectivity index (χ2v) is 5.54. The smallest absolute Gasteiger partial charge is 0.329 e. The van der Waals surface area contributed by atoms with Gasteiger partial charge in [0.05, 0.1) is 12.1 Å². The van der Waals surface area contributed by atoms with E-state index in [4.69, 9.17) is 0 Å². The first-order chi connectivity index (χ1) is 8.25. The third kappa shape index (κ3) is 1.12. The molecule has 5 unspecified atom stereocenters. The molecule has 4 rings (SSSR count). The molecule has 0 spiro atoms. The molecule has 17 heavy (non-hydrogen) atoms. The van der Waals surface area contributed by atoms with Crippen LogP contribution >= 0.6 is 0 Å². The van der Waals surface area contributed by atoms with Crippen LogP contribution in [0.4, 0.5) is 4.79 Å². The van der Waals surface area contributed by atoms with Crippen molar-refractivity contribution in [2.24, 2.45) is 17.8 Å². The van der Waals surface area contributed by atoms with E-state index in [1.807, 2.05) is 4.90 Å². The topological polar surface area (TPSA) is 58.4 Å². The Labute approximate surface area is 99.1 Å². The number of amides is 1. The van der Waals surface area contributed by atoms with E-state index >= 15 is 0 Å². The number of aliphatic hydroxyl groups is 1. The molecule has 2 bridgehead atoms. The van der Waals surface area contributed by atoms with Crippen LogP contribution in [0.3, 0.4) is 0 Å². The lowest BCUT2D eigenvalue weighted by molar-refractivity contribution is 0.0611. The molecule has 1 aliphatic heterocycles. The van der Waals surface area contributed by atoms with Gasteiger partial charge in [0.2, 0.25) is 0 Å². The maximum absolute atomic E-state index is 12.3. The van der Waals surface area contributed by atoms with Crippen LogP contribution in [-0.2, 0) is 0 Å². The Balaban J connectivity index is 1.66. The molecule has 5 nitrogen and oxygen atoms in total. The Kier molecular flexibility index (Phi) is 1.76. The highest BCUT2D eigenvalue weighted by atomic mass is 16.3. The summed E-state index contributed by atoms with van der Waals surface area (Å²) in [5.74, 6) is 1.57. The third-order valence-electron chi connectivity index (χ3n) is 4.82. The van der Waals surface area contributed by atoms with Crippen molar-refractivity contribution in [3.63, 3.8) is 0 Å². The van der Waals surface area contributed by atoms with Crippen molar-refractivity contribution in [3.05, 3.63) is 18.7 Å². The molecule has 2 aliphatic carbocycles. The Morgan fingerprint density at radius 2 is 2.24 bits per heavy atom. The molecule has 3 fully saturated rings. The first-order valence-electron chi connectivity index (χ1n) is 6.22. The van der Waals surface area contributed by atoms with E-state index in [0.717, 1.165) is 19.4 Å². The van der Waals surface area contributed by atoms with Crippen molar-refractivity contribution in [3.8, 4) is 0 Å². The second kappa shape index (κ2) is 3.10. The predicted molar refractivity (Wildman–Crippen MR) is 59.2 cm³/mol. The van der Waals surface area contributed by atoms with Gasteiger partial charge in [-0.1, -0.05) is 0 Å². The summed E-state index contributed by atoms with van der Waals surface area (Å²) in [5, 5.41) is 10.2. The molecule has 0 aromatic carbocycles. The highest BCUT2D eigenvalue weighted by molar-refractivity contribution is 5.77. The van der Waals surface area contributed by atoms with Crippen molar-refractivity contribution in [1.29, 1.82) is 0 Å². The molecule has 1 amide bonds. The van der Waals surface area contributed by atoms with Crippen molar-refractivity contribution < 1.29 is 9.90 Å². The van der Waals surface area contributed by atoms with Crippen LogP contribution in [0.2, 0.25) is 0 Å². The average Bonchev–Trinajstić information content (AvgIpc) is 3.02. The summed E-state index contributed by atoms with van der Waals surface area (Å²) in [6.07, 6.45) is 6.69. The SMILES string of the molecule is O=C(N1CC2CC3CC2C1C3O)n1ccnc1. The number of rotatable bonds is 0. The molecular weight excluding hydrogens is 218 g/mol. The lowest BCUT2D eigenvalue weighted by Crippen LogP contribution is -2.45. The fourth-order valence-electron chi connectivity index (χ4n) is 4.16. The predicted octanol–water partition coefficient (Wildman–Crippen LogP) is 0.552. The van der Waals surface area contributed by atoms with Crippen LogP contribution in [0.15, 0.2) is 18.7 Å². The molecule has 90 valence electrons. The minimum atomic E-state index is -0.314. The van der Waals surface area contributed by atoms with Crippen LogP contribution in [0.5, 0.6) is 0 Å². The molecule has 1 aromatic heterocycles. The molecule has 1 aromatic rings. The first kappa shape index (κ1) is 9.65. The number of carbonyl (C=O) groups excluding carboxylic acids is 1. The maximum atomic E-state index is 12.3. The van der Waals surface area contributed by atoms with Gasteiger partial charge in [-0.05, 0) is 30.6 Å². The van der Waals surface area contributed by atoms with Crippen LogP contribution < -0.4 is 0 Å². The fourth-order valence-corrected chi connectivity index (χ4v) is 4.16. The highest BCUT2D eigenvalue weighted by Gasteiger charge is 2.60. The van der Waals surface area contributed by atoms with E-state index in [-0.39, 0.29) is 18.2 Å². The van der Waals surface area contributed by atoms with Crippen LogP contribution in [-0.4, -0.2) is 44.3 Å². The van der Waals surface area contributed by atoms with E-state index in [1.165, 1.54) is 10.9 Å². The van der Waals surface area contributed by atoms with Gasteiger partial charge in [0, 0.05) is 18.9 Å². The zero-order valence-electron chi connectivity index (χ0n) is 9.44. The molecule has 1 saturated heterocycles. The molecule has 2 saturated carbocycles. The van der Waals surface area contributed by atoms with Crippen LogP contribution in [0.25, 0.3) is 0 Å². The van der Waals surface area contributed by atoms with Gasteiger partial charge in [-0.3, -0.25) is 4.57 Å². The van der Waals surface area contributed by atoms with E-state index in [9.17, 15) is 9.90 Å². The Hall–Kier alpha value is -1.36. The standard InChI is InChI=1S/C12H15N3O2/c16-11-7-3-8-5-15(10(11)9(8)4-7)12(17)14-2-1-13-6-14/h1-2,6-11,16H,3-5H2. The Bertz CT molecular complexity index is 456. The number of hydrogen-bond donors (Lipinski definition) is 1. The maximum Gasteiger partial charge on any atom is 0.329 e. The summed E-state index contributed by atoms with van der Waals surface area (Å²) >= 11 is 0. The lowest BCUT2D eigenvalue weighted by Gasteiger charge is -2.28. The molecule has 0 radical (unpaired) electrons. The Morgan fingerprint density at radius 1 is 1.35 bits per heavy atom. The number of nitrogens with zero attached hydrogens (tertiary/aromatic N) is 3. The average molecular weight is 233 g/mol. The normalized spacial score (nSPS) is 42.4. The number of imidazole rings is 1. The minimum absolute atomic E-state index is 0.0402. The molecule has 3 aliphatic rings.